The number of carbonyl (C=O) groups is 1. The molecule has 2 aromatic carbocycles. The number of benzene rings is 2. The molecule has 0 fully saturated rings. The number of fused-ring (bicyclic) bond motifs is 1. The molecule has 1 aliphatic heterocycles. The third-order valence-corrected chi connectivity index (χ3v) is 4.17. The molecule has 6 nitrogen and oxygen atoms in total. The van der Waals surface area contributed by atoms with Crippen molar-refractivity contribution in [1.29, 1.82) is 0 Å². The van der Waals surface area contributed by atoms with E-state index in [1.807, 2.05) is 31.2 Å². The molecule has 1 amide bonds. The van der Waals surface area contributed by atoms with Gasteiger partial charge in [0.05, 0.1) is 5.69 Å². The maximum absolute atomic E-state index is 12.4. The smallest absolute Gasteiger partial charge is 0.273 e. The van der Waals surface area contributed by atoms with Crippen molar-refractivity contribution in [3.05, 3.63) is 58.7 Å². The number of amides is 1. The molecule has 4 rings (SSSR count). The second-order valence-corrected chi connectivity index (χ2v) is 6.08. The van der Waals surface area contributed by atoms with Crippen LogP contribution in [0.4, 0.5) is 5.69 Å². The Bertz CT molecular complexity index is 968. The van der Waals surface area contributed by atoms with Gasteiger partial charge in [0.15, 0.2) is 11.5 Å². The summed E-state index contributed by atoms with van der Waals surface area (Å²) < 4.78 is 10.7. The molecule has 25 heavy (non-hydrogen) atoms. The SMILES string of the molecule is Cc1ccc(Cl)cc1NC(=O)c1cc(-c2ccc3c(c2)OCO3)n[nH]1. The van der Waals surface area contributed by atoms with Crippen LogP contribution in [0.5, 0.6) is 11.5 Å². The predicted octanol–water partition coefficient (Wildman–Crippen LogP) is 4.02. The van der Waals surface area contributed by atoms with E-state index in [1.54, 1.807) is 18.2 Å². The number of anilines is 1. The number of hydrogen-bond donors (Lipinski definition) is 2. The van der Waals surface area contributed by atoms with Gasteiger partial charge in [0.1, 0.15) is 5.69 Å². The lowest BCUT2D eigenvalue weighted by Crippen LogP contribution is -2.13. The number of ether oxygens (including phenoxy) is 2. The van der Waals surface area contributed by atoms with Crippen molar-refractivity contribution in [3.63, 3.8) is 0 Å². The molecular formula is C18H14ClN3O3. The fraction of sp³-hybridized carbons (Fsp3) is 0.111. The first-order valence-electron chi connectivity index (χ1n) is 7.63. The monoisotopic (exact) mass is 355 g/mol. The minimum atomic E-state index is -0.287. The molecule has 1 aliphatic rings. The quantitative estimate of drug-likeness (QED) is 0.744. The van der Waals surface area contributed by atoms with Gasteiger partial charge in [-0.05, 0) is 48.9 Å². The van der Waals surface area contributed by atoms with Crippen LogP contribution in [0.3, 0.4) is 0 Å². The average Bonchev–Trinajstić information content (AvgIpc) is 3.26. The number of nitrogens with zero attached hydrogens (tertiary/aromatic N) is 1. The largest absolute Gasteiger partial charge is 0.454 e. The summed E-state index contributed by atoms with van der Waals surface area (Å²) in [4.78, 5) is 12.4. The lowest BCUT2D eigenvalue weighted by Gasteiger charge is -2.07. The van der Waals surface area contributed by atoms with Crippen LogP contribution in [0, 0.1) is 6.92 Å². The Labute approximate surface area is 148 Å². The van der Waals surface area contributed by atoms with Gasteiger partial charge in [0.25, 0.3) is 5.91 Å². The maximum atomic E-state index is 12.4. The number of aromatic nitrogens is 2. The number of aryl methyl sites for hydroxylation is 1. The summed E-state index contributed by atoms with van der Waals surface area (Å²) in [6.45, 7) is 2.11. The second kappa shape index (κ2) is 6.14. The van der Waals surface area contributed by atoms with Crippen LogP contribution in [0.2, 0.25) is 5.02 Å². The number of nitrogens with one attached hydrogen (secondary N) is 2. The van der Waals surface area contributed by atoms with Crippen molar-refractivity contribution in [1.82, 2.24) is 10.2 Å². The number of hydrogen-bond acceptors (Lipinski definition) is 4. The third-order valence-electron chi connectivity index (χ3n) is 3.94. The van der Waals surface area contributed by atoms with Crippen molar-refractivity contribution in [3.8, 4) is 22.8 Å². The molecule has 7 heteroatoms. The van der Waals surface area contributed by atoms with Gasteiger partial charge in [-0.25, -0.2) is 0 Å². The normalized spacial score (nSPS) is 12.2. The fourth-order valence-electron chi connectivity index (χ4n) is 2.56. The highest BCUT2D eigenvalue weighted by Crippen LogP contribution is 2.35. The van der Waals surface area contributed by atoms with Crippen LogP contribution in [-0.2, 0) is 0 Å². The molecular weight excluding hydrogens is 342 g/mol. The van der Waals surface area contributed by atoms with E-state index in [-0.39, 0.29) is 12.7 Å². The summed E-state index contributed by atoms with van der Waals surface area (Å²) >= 11 is 5.98. The van der Waals surface area contributed by atoms with Crippen LogP contribution in [0.15, 0.2) is 42.5 Å². The number of rotatable bonds is 3. The summed E-state index contributed by atoms with van der Waals surface area (Å²) in [6, 6.07) is 12.6. The van der Waals surface area contributed by atoms with Crippen molar-refractivity contribution in [2.75, 3.05) is 12.1 Å². The van der Waals surface area contributed by atoms with Crippen molar-refractivity contribution in [2.45, 2.75) is 6.92 Å². The Kier molecular flexibility index (Phi) is 3.82. The molecule has 0 saturated carbocycles. The number of aromatic amines is 1. The average molecular weight is 356 g/mol. The molecule has 0 spiro atoms. The van der Waals surface area contributed by atoms with Crippen LogP contribution in [0.1, 0.15) is 16.1 Å². The summed E-state index contributed by atoms with van der Waals surface area (Å²) in [5, 5.41) is 10.4. The molecule has 0 unspecified atom stereocenters. The minimum Gasteiger partial charge on any atom is -0.454 e. The first kappa shape index (κ1) is 15.5. The Balaban J connectivity index is 1.56. The van der Waals surface area contributed by atoms with Gasteiger partial charge in [-0.3, -0.25) is 9.89 Å². The minimum absolute atomic E-state index is 0.214. The van der Waals surface area contributed by atoms with E-state index in [4.69, 9.17) is 21.1 Å². The lowest BCUT2D eigenvalue weighted by molar-refractivity contribution is 0.102. The van der Waals surface area contributed by atoms with E-state index in [0.29, 0.717) is 33.6 Å². The predicted molar refractivity (Wildman–Crippen MR) is 94.3 cm³/mol. The fourth-order valence-corrected chi connectivity index (χ4v) is 2.73. The molecule has 0 bridgehead atoms. The van der Waals surface area contributed by atoms with E-state index >= 15 is 0 Å². The Morgan fingerprint density at radius 1 is 1.16 bits per heavy atom. The Hall–Kier alpha value is -2.99. The first-order valence-corrected chi connectivity index (χ1v) is 8.01. The molecule has 0 saturated heterocycles. The second-order valence-electron chi connectivity index (χ2n) is 5.65. The Morgan fingerprint density at radius 3 is 2.88 bits per heavy atom. The summed E-state index contributed by atoms with van der Waals surface area (Å²) in [6.07, 6.45) is 0. The van der Waals surface area contributed by atoms with E-state index < -0.39 is 0 Å². The zero-order chi connectivity index (χ0) is 17.4. The van der Waals surface area contributed by atoms with Gasteiger partial charge in [-0.1, -0.05) is 17.7 Å². The number of carbonyl (C=O) groups excluding carboxylic acids is 1. The van der Waals surface area contributed by atoms with Crippen LogP contribution in [-0.4, -0.2) is 22.9 Å². The van der Waals surface area contributed by atoms with Crippen molar-refractivity contribution in [2.24, 2.45) is 0 Å². The van der Waals surface area contributed by atoms with Gasteiger partial charge in [0, 0.05) is 16.3 Å². The van der Waals surface area contributed by atoms with Crippen LogP contribution in [0.25, 0.3) is 11.3 Å². The number of halogens is 1. The summed E-state index contributed by atoms with van der Waals surface area (Å²) in [7, 11) is 0. The summed E-state index contributed by atoms with van der Waals surface area (Å²) in [5.41, 5.74) is 3.42. The summed E-state index contributed by atoms with van der Waals surface area (Å²) in [5.74, 6) is 1.08. The van der Waals surface area contributed by atoms with Gasteiger partial charge < -0.3 is 14.8 Å². The maximum Gasteiger partial charge on any atom is 0.273 e. The molecule has 0 atom stereocenters. The van der Waals surface area contributed by atoms with E-state index in [1.165, 1.54) is 0 Å². The molecule has 0 aliphatic carbocycles. The van der Waals surface area contributed by atoms with Crippen LogP contribution >= 0.6 is 11.6 Å². The van der Waals surface area contributed by atoms with Gasteiger partial charge in [-0.15, -0.1) is 0 Å². The molecule has 2 N–H and O–H groups in total. The molecule has 3 aromatic rings. The highest BCUT2D eigenvalue weighted by Gasteiger charge is 2.17. The zero-order valence-corrected chi connectivity index (χ0v) is 14.1. The van der Waals surface area contributed by atoms with E-state index in [0.717, 1.165) is 11.1 Å². The van der Waals surface area contributed by atoms with Gasteiger partial charge >= 0.3 is 0 Å². The highest BCUT2D eigenvalue weighted by atomic mass is 35.5. The van der Waals surface area contributed by atoms with Crippen molar-refractivity contribution >= 4 is 23.2 Å². The zero-order valence-electron chi connectivity index (χ0n) is 13.3. The van der Waals surface area contributed by atoms with Crippen molar-refractivity contribution < 1.29 is 14.3 Å². The third kappa shape index (κ3) is 3.04. The lowest BCUT2D eigenvalue weighted by atomic mass is 10.1. The standard InChI is InChI=1S/C18H14ClN3O3/c1-10-2-4-12(19)7-13(10)20-18(23)15-8-14(21-22-15)11-3-5-16-17(6-11)25-9-24-16/h2-8H,9H2,1H3,(H,20,23)(H,21,22). The molecule has 2 heterocycles. The van der Waals surface area contributed by atoms with Crippen LogP contribution < -0.4 is 14.8 Å². The molecule has 1 aromatic heterocycles. The first-order chi connectivity index (χ1) is 12.1. The van der Waals surface area contributed by atoms with Gasteiger partial charge in [-0.2, -0.15) is 5.10 Å². The highest BCUT2D eigenvalue weighted by molar-refractivity contribution is 6.31. The number of H-pyrrole nitrogens is 1. The Morgan fingerprint density at radius 2 is 2.00 bits per heavy atom. The topological polar surface area (TPSA) is 76.2 Å². The van der Waals surface area contributed by atoms with E-state index in [2.05, 4.69) is 15.5 Å². The molecule has 0 radical (unpaired) electrons. The molecule has 126 valence electrons. The van der Waals surface area contributed by atoms with E-state index in [9.17, 15) is 4.79 Å². The van der Waals surface area contributed by atoms with Gasteiger partial charge in [0.2, 0.25) is 6.79 Å².